The Balaban J connectivity index is 4.60. The highest BCUT2D eigenvalue weighted by atomic mass is 16.6. The molecule has 0 spiro atoms. The van der Waals surface area contributed by atoms with Crippen molar-refractivity contribution in [2.24, 2.45) is 0 Å². The lowest BCUT2D eigenvalue weighted by Crippen LogP contribution is -2.30. The van der Waals surface area contributed by atoms with Crippen molar-refractivity contribution in [3.8, 4) is 0 Å². The minimum Gasteiger partial charge on any atom is -0.462 e. The molecule has 0 rings (SSSR count). The first kappa shape index (κ1) is 63.8. The summed E-state index contributed by atoms with van der Waals surface area (Å²) in [7, 11) is 0. The van der Waals surface area contributed by atoms with Crippen LogP contribution in [0.25, 0.3) is 0 Å². The van der Waals surface area contributed by atoms with Gasteiger partial charge in [0.15, 0.2) is 6.10 Å². The standard InChI is InChI=1S/C63H94O6/c1-4-7-10-13-16-19-22-25-28-30-32-35-38-41-44-47-50-53-56-62(65)68-59-60(58-67-61(64)55-52-49-46-43-40-37-34-27-24-21-18-15-12-9-6-3)69-63(66)57-54-51-48-45-42-39-36-33-31-29-26-23-20-17-14-11-8-5-2/h9-36,60H,4-8,37-59H2,1-3H3/b12-9-,13-10-,14-11-,18-15-,19-16-,20-17-,24-21-,25-22-,26-23-,30-28-,31-29-,34-27-,35-32-,36-33-. The molecule has 0 bridgehead atoms. The van der Waals surface area contributed by atoms with Gasteiger partial charge in [0, 0.05) is 19.3 Å². The topological polar surface area (TPSA) is 78.9 Å². The molecule has 0 N–H and O–H groups in total. The zero-order valence-electron chi connectivity index (χ0n) is 43.5. The third kappa shape index (κ3) is 53.6. The minimum absolute atomic E-state index is 0.119. The fourth-order valence-electron chi connectivity index (χ4n) is 6.51. The van der Waals surface area contributed by atoms with Crippen molar-refractivity contribution in [1.82, 2.24) is 0 Å². The van der Waals surface area contributed by atoms with Crippen LogP contribution in [-0.4, -0.2) is 37.2 Å². The van der Waals surface area contributed by atoms with Crippen molar-refractivity contribution in [2.75, 3.05) is 13.2 Å². The molecular formula is C63H94O6. The van der Waals surface area contributed by atoms with Crippen molar-refractivity contribution < 1.29 is 28.6 Å². The maximum atomic E-state index is 12.8. The first-order valence-electron chi connectivity index (χ1n) is 26.8. The van der Waals surface area contributed by atoms with Crippen LogP contribution >= 0.6 is 0 Å². The van der Waals surface area contributed by atoms with Crippen molar-refractivity contribution >= 4 is 17.9 Å². The Kier molecular flexibility index (Phi) is 51.2. The van der Waals surface area contributed by atoms with Gasteiger partial charge in [0.2, 0.25) is 0 Å². The summed E-state index contributed by atoms with van der Waals surface area (Å²) >= 11 is 0. The predicted octanol–water partition coefficient (Wildman–Crippen LogP) is 18.0. The summed E-state index contributed by atoms with van der Waals surface area (Å²) in [6.07, 6.45) is 81.7. The normalized spacial score (nSPS) is 13.5. The van der Waals surface area contributed by atoms with E-state index in [2.05, 4.69) is 93.7 Å². The summed E-state index contributed by atoms with van der Waals surface area (Å²) in [5.41, 5.74) is 0. The summed E-state index contributed by atoms with van der Waals surface area (Å²) in [6.45, 7) is 6.23. The van der Waals surface area contributed by atoms with Crippen LogP contribution in [0, 0.1) is 0 Å². The minimum atomic E-state index is -0.823. The molecule has 0 aliphatic rings. The molecule has 0 aromatic heterocycles. The van der Waals surface area contributed by atoms with Crippen LogP contribution < -0.4 is 0 Å². The van der Waals surface area contributed by atoms with Crippen molar-refractivity contribution in [3.63, 3.8) is 0 Å². The highest BCUT2D eigenvalue weighted by Crippen LogP contribution is 2.13. The number of allylic oxidation sites excluding steroid dienone is 28. The number of unbranched alkanes of at least 4 members (excludes halogenated alkanes) is 17. The van der Waals surface area contributed by atoms with Crippen LogP contribution in [0.15, 0.2) is 170 Å². The fourth-order valence-corrected chi connectivity index (χ4v) is 6.51. The quantitative estimate of drug-likeness (QED) is 0.0262. The van der Waals surface area contributed by atoms with Crippen molar-refractivity contribution in [2.45, 2.75) is 194 Å². The maximum absolute atomic E-state index is 12.8. The number of ether oxygens (including phenoxy) is 3. The van der Waals surface area contributed by atoms with Crippen LogP contribution in [0.1, 0.15) is 188 Å². The van der Waals surface area contributed by atoms with Gasteiger partial charge in [-0.1, -0.05) is 262 Å². The van der Waals surface area contributed by atoms with Gasteiger partial charge < -0.3 is 14.2 Å². The van der Waals surface area contributed by atoms with E-state index >= 15 is 0 Å². The molecule has 0 aliphatic heterocycles. The molecule has 0 radical (unpaired) electrons. The van der Waals surface area contributed by atoms with Gasteiger partial charge in [-0.25, -0.2) is 0 Å². The summed E-state index contributed by atoms with van der Waals surface area (Å²) in [5, 5.41) is 0. The Morgan fingerprint density at radius 1 is 0.304 bits per heavy atom. The number of carbonyl (C=O) groups is 3. The van der Waals surface area contributed by atoms with E-state index in [1.165, 1.54) is 12.8 Å². The van der Waals surface area contributed by atoms with Crippen molar-refractivity contribution in [1.29, 1.82) is 0 Å². The third-order valence-electron chi connectivity index (χ3n) is 10.5. The molecule has 69 heavy (non-hydrogen) atoms. The van der Waals surface area contributed by atoms with Gasteiger partial charge in [0.1, 0.15) is 13.2 Å². The van der Waals surface area contributed by atoms with Gasteiger partial charge in [-0.3, -0.25) is 14.4 Å². The van der Waals surface area contributed by atoms with Gasteiger partial charge in [-0.2, -0.15) is 0 Å². The van der Waals surface area contributed by atoms with Gasteiger partial charge in [-0.15, -0.1) is 0 Å². The van der Waals surface area contributed by atoms with Crippen LogP contribution in [0.5, 0.6) is 0 Å². The van der Waals surface area contributed by atoms with E-state index in [0.29, 0.717) is 12.8 Å². The Labute approximate surface area is 422 Å². The molecule has 0 saturated heterocycles. The van der Waals surface area contributed by atoms with E-state index < -0.39 is 6.10 Å². The molecule has 6 heteroatoms. The van der Waals surface area contributed by atoms with E-state index in [0.717, 1.165) is 135 Å². The molecule has 0 heterocycles. The molecule has 6 nitrogen and oxygen atoms in total. The first-order valence-corrected chi connectivity index (χ1v) is 26.8. The Hall–Kier alpha value is -5.23. The second-order valence-electron chi connectivity index (χ2n) is 17.0. The van der Waals surface area contributed by atoms with Crippen LogP contribution in [0.2, 0.25) is 0 Å². The molecule has 1 unspecified atom stereocenters. The largest absolute Gasteiger partial charge is 0.462 e. The summed E-state index contributed by atoms with van der Waals surface area (Å²) in [5.74, 6) is -1.00. The van der Waals surface area contributed by atoms with E-state index in [1.54, 1.807) is 0 Å². The van der Waals surface area contributed by atoms with E-state index in [9.17, 15) is 14.4 Å². The molecule has 0 aromatic carbocycles. The number of rotatable bonds is 45. The Morgan fingerprint density at radius 3 is 0.884 bits per heavy atom. The molecule has 382 valence electrons. The van der Waals surface area contributed by atoms with Crippen molar-refractivity contribution in [3.05, 3.63) is 170 Å². The van der Waals surface area contributed by atoms with Gasteiger partial charge in [0.05, 0.1) is 0 Å². The molecule has 0 aromatic rings. The number of carbonyl (C=O) groups excluding carboxylic acids is 3. The lowest BCUT2D eigenvalue weighted by atomic mass is 10.1. The lowest BCUT2D eigenvalue weighted by Gasteiger charge is -2.18. The Bertz CT molecular complexity index is 1650. The van der Waals surface area contributed by atoms with Gasteiger partial charge >= 0.3 is 17.9 Å². The lowest BCUT2D eigenvalue weighted by molar-refractivity contribution is -0.167. The maximum Gasteiger partial charge on any atom is 0.306 e. The summed E-state index contributed by atoms with van der Waals surface area (Å²) in [4.78, 5) is 38.1. The average Bonchev–Trinajstić information content (AvgIpc) is 3.35. The Morgan fingerprint density at radius 2 is 0.565 bits per heavy atom. The van der Waals surface area contributed by atoms with Gasteiger partial charge in [-0.05, 0) is 77.0 Å². The predicted molar refractivity (Wildman–Crippen MR) is 297 cm³/mol. The highest BCUT2D eigenvalue weighted by Gasteiger charge is 2.19. The molecule has 1 atom stereocenters. The second-order valence-corrected chi connectivity index (χ2v) is 17.0. The van der Waals surface area contributed by atoms with Crippen LogP contribution in [0.3, 0.4) is 0 Å². The van der Waals surface area contributed by atoms with E-state index in [1.807, 2.05) is 97.2 Å². The number of esters is 3. The zero-order valence-corrected chi connectivity index (χ0v) is 43.5. The number of hydrogen-bond acceptors (Lipinski definition) is 6. The molecule has 0 fully saturated rings. The molecule has 0 amide bonds. The monoisotopic (exact) mass is 947 g/mol. The van der Waals surface area contributed by atoms with Crippen LogP contribution in [-0.2, 0) is 28.6 Å². The third-order valence-corrected chi connectivity index (χ3v) is 10.5. The summed E-state index contributed by atoms with van der Waals surface area (Å²) < 4.78 is 16.8. The van der Waals surface area contributed by atoms with Gasteiger partial charge in [0.25, 0.3) is 0 Å². The first-order chi connectivity index (χ1) is 34.0. The van der Waals surface area contributed by atoms with Crippen LogP contribution in [0.4, 0.5) is 0 Å². The molecular weight excluding hydrogens is 853 g/mol. The van der Waals surface area contributed by atoms with E-state index in [4.69, 9.17) is 14.2 Å². The number of hydrogen-bond donors (Lipinski definition) is 0. The summed E-state index contributed by atoms with van der Waals surface area (Å²) in [6, 6.07) is 0. The molecule has 0 aliphatic carbocycles. The van der Waals surface area contributed by atoms with E-state index in [-0.39, 0.29) is 37.5 Å². The fraction of sp³-hybridized carbons (Fsp3) is 0.508. The zero-order chi connectivity index (χ0) is 50.0. The molecule has 0 saturated carbocycles. The average molecular weight is 947 g/mol. The second kappa shape index (κ2) is 55.4. The SMILES string of the molecule is CC\C=C/C=C\C=C/C=C\CCCCCCCC(=O)OCC(COC(=O)CCCCCCC\C=C/C=C\C=C/C=C\C=C/CCC)OC(=O)CCCCCCC\C=C/C=C\C=C/C=C\C=C/CCC. The smallest absolute Gasteiger partial charge is 0.306 e. The highest BCUT2D eigenvalue weighted by molar-refractivity contribution is 5.71.